The zero-order valence-corrected chi connectivity index (χ0v) is 7.53. The van der Waals surface area contributed by atoms with Crippen LogP contribution in [-0.4, -0.2) is 13.2 Å². The second kappa shape index (κ2) is 4.73. The molecule has 1 nitrogen and oxygen atoms in total. The Morgan fingerprint density at radius 1 is 1.25 bits per heavy atom. The van der Waals surface area contributed by atoms with Gasteiger partial charge < -0.3 is 4.74 Å². The summed E-state index contributed by atoms with van der Waals surface area (Å²) in [5.74, 6) is 0. The molecule has 0 spiro atoms. The van der Waals surface area contributed by atoms with Crippen molar-refractivity contribution in [1.82, 2.24) is 0 Å². The minimum absolute atomic E-state index is 0.185. The van der Waals surface area contributed by atoms with Gasteiger partial charge in [0.2, 0.25) is 0 Å². The monoisotopic (exact) mass is 162 g/mol. The molecule has 0 bridgehead atoms. The molecule has 1 atom stereocenters. The van der Waals surface area contributed by atoms with Gasteiger partial charge in [-0.15, -0.1) is 0 Å². The van der Waals surface area contributed by atoms with E-state index in [9.17, 15) is 0 Å². The summed E-state index contributed by atoms with van der Waals surface area (Å²) in [4.78, 5) is 0. The van der Waals surface area contributed by atoms with Crippen molar-refractivity contribution >= 4 is 6.08 Å². The van der Waals surface area contributed by atoms with Crippen molar-refractivity contribution in [2.24, 2.45) is 0 Å². The number of ether oxygens (including phenoxy) is 1. The molecule has 0 amide bonds. The Hall–Kier alpha value is -1.08. The highest BCUT2D eigenvalue weighted by molar-refractivity contribution is 5.49. The van der Waals surface area contributed by atoms with Gasteiger partial charge in [0, 0.05) is 7.11 Å². The quantitative estimate of drug-likeness (QED) is 0.664. The van der Waals surface area contributed by atoms with E-state index in [2.05, 4.69) is 18.2 Å². The van der Waals surface area contributed by atoms with Crippen molar-refractivity contribution in [2.45, 2.75) is 13.0 Å². The van der Waals surface area contributed by atoms with Crippen LogP contribution in [0.3, 0.4) is 0 Å². The third-order valence-electron chi connectivity index (χ3n) is 1.73. The summed E-state index contributed by atoms with van der Waals surface area (Å²) in [5, 5.41) is 0. The first kappa shape index (κ1) is 9.01. The fourth-order valence-electron chi connectivity index (χ4n) is 0.889. The fraction of sp³-hybridized carbons (Fsp3) is 0.273. The maximum absolute atomic E-state index is 5.09. The van der Waals surface area contributed by atoms with Gasteiger partial charge in [0.05, 0.1) is 6.10 Å². The van der Waals surface area contributed by atoms with Gasteiger partial charge in [-0.05, 0) is 12.5 Å². The molecule has 0 N–H and O–H groups in total. The Morgan fingerprint density at radius 2 is 1.92 bits per heavy atom. The predicted octanol–water partition coefficient (Wildman–Crippen LogP) is 2.73. The molecule has 0 aliphatic rings. The van der Waals surface area contributed by atoms with Crippen LogP contribution in [0.25, 0.3) is 6.08 Å². The zero-order valence-electron chi connectivity index (χ0n) is 7.53. The Morgan fingerprint density at radius 3 is 2.50 bits per heavy atom. The lowest BCUT2D eigenvalue weighted by Crippen LogP contribution is -1.98. The Balaban J connectivity index is 2.58. The van der Waals surface area contributed by atoms with Crippen LogP contribution in [0.4, 0.5) is 0 Å². The number of hydrogen-bond donors (Lipinski definition) is 0. The lowest BCUT2D eigenvalue weighted by Gasteiger charge is -2.00. The first-order valence-corrected chi connectivity index (χ1v) is 4.09. The van der Waals surface area contributed by atoms with E-state index in [0.29, 0.717) is 0 Å². The summed E-state index contributed by atoms with van der Waals surface area (Å²) in [6, 6.07) is 10.2. The molecule has 1 aromatic carbocycles. The predicted molar refractivity (Wildman–Crippen MR) is 51.9 cm³/mol. The number of hydrogen-bond acceptors (Lipinski definition) is 1. The van der Waals surface area contributed by atoms with Crippen LogP contribution in [-0.2, 0) is 4.74 Å². The molecule has 0 saturated heterocycles. The summed E-state index contributed by atoms with van der Waals surface area (Å²) >= 11 is 0. The van der Waals surface area contributed by atoms with Crippen molar-refractivity contribution in [3.63, 3.8) is 0 Å². The summed E-state index contributed by atoms with van der Waals surface area (Å²) in [6.07, 6.45) is 4.29. The minimum atomic E-state index is 0.185. The largest absolute Gasteiger partial charge is 0.378 e. The lowest BCUT2D eigenvalue weighted by atomic mass is 10.2. The SMILES string of the molecule is COC(C)/C=C/c1ccccc1. The normalized spacial score (nSPS) is 13.5. The lowest BCUT2D eigenvalue weighted by molar-refractivity contribution is 0.157. The maximum Gasteiger partial charge on any atom is 0.0727 e. The van der Waals surface area contributed by atoms with Crippen LogP contribution in [0.5, 0.6) is 0 Å². The first-order chi connectivity index (χ1) is 5.83. The van der Waals surface area contributed by atoms with E-state index >= 15 is 0 Å². The van der Waals surface area contributed by atoms with Gasteiger partial charge in [0.1, 0.15) is 0 Å². The third-order valence-corrected chi connectivity index (χ3v) is 1.73. The smallest absolute Gasteiger partial charge is 0.0727 e. The number of methoxy groups -OCH3 is 1. The molecule has 0 aliphatic heterocycles. The summed E-state index contributed by atoms with van der Waals surface area (Å²) in [5.41, 5.74) is 1.21. The number of benzene rings is 1. The zero-order chi connectivity index (χ0) is 8.81. The molecule has 1 rings (SSSR count). The molecular weight excluding hydrogens is 148 g/mol. The molecule has 12 heavy (non-hydrogen) atoms. The van der Waals surface area contributed by atoms with Gasteiger partial charge in [-0.25, -0.2) is 0 Å². The molecular formula is C11H14O. The highest BCUT2D eigenvalue weighted by Crippen LogP contribution is 2.02. The molecule has 0 saturated carbocycles. The van der Waals surface area contributed by atoms with Crippen LogP contribution in [0.15, 0.2) is 36.4 Å². The van der Waals surface area contributed by atoms with Crippen LogP contribution in [0, 0.1) is 0 Å². The van der Waals surface area contributed by atoms with Crippen molar-refractivity contribution in [3.05, 3.63) is 42.0 Å². The molecule has 0 aromatic heterocycles. The average molecular weight is 162 g/mol. The molecule has 0 fully saturated rings. The molecule has 0 aliphatic carbocycles. The molecule has 1 heteroatoms. The van der Waals surface area contributed by atoms with Crippen LogP contribution >= 0.6 is 0 Å². The van der Waals surface area contributed by atoms with Crippen molar-refractivity contribution in [1.29, 1.82) is 0 Å². The summed E-state index contributed by atoms with van der Waals surface area (Å²) in [7, 11) is 1.71. The van der Waals surface area contributed by atoms with Crippen molar-refractivity contribution in [2.75, 3.05) is 7.11 Å². The van der Waals surface area contributed by atoms with E-state index < -0.39 is 0 Å². The highest BCUT2D eigenvalue weighted by atomic mass is 16.5. The average Bonchev–Trinajstić information content (AvgIpc) is 2.16. The fourth-order valence-corrected chi connectivity index (χ4v) is 0.889. The van der Waals surface area contributed by atoms with Gasteiger partial charge in [-0.2, -0.15) is 0 Å². The van der Waals surface area contributed by atoms with E-state index in [1.807, 2.05) is 31.2 Å². The summed E-state index contributed by atoms with van der Waals surface area (Å²) in [6.45, 7) is 2.01. The Labute approximate surface area is 73.7 Å². The first-order valence-electron chi connectivity index (χ1n) is 4.09. The standard InChI is InChI=1S/C11H14O/c1-10(12-2)8-9-11-6-4-3-5-7-11/h3-10H,1-2H3/b9-8+. The van der Waals surface area contributed by atoms with Gasteiger partial charge in [0.15, 0.2) is 0 Å². The van der Waals surface area contributed by atoms with Crippen LogP contribution in [0.2, 0.25) is 0 Å². The van der Waals surface area contributed by atoms with Gasteiger partial charge >= 0.3 is 0 Å². The Kier molecular flexibility index (Phi) is 3.55. The molecule has 64 valence electrons. The third kappa shape index (κ3) is 2.89. The molecule has 1 aromatic rings. The minimum Gasteiger partial charge on any atom is -0.378 e. The van der Waals surface area contributed by atoms with Gasteiger partial charge in [-0.3, -0.25) is 0 Å². The van der Waals surface area contributed by atoms with Gasteiger partial charge in [-0.1, -0.05) is 42.5 Å². The molecule has 0 heterocycles. The van der Waals surface area contributed by atoms with E-state index in [0.717, 1.165) is 0 Å². The second-order valence-electron chi connectivity index (χ2n) is 2.71. The number of rotatable bonds is 3. The molecule has 0 radical (unpaired) electrons. The van der Waals surface area contributed by atoms with Crippen LogP contribution < -0.4 is 0 Å². The topological polar surface area (TPSA) is 9.23 Å². The van der Waals surface area contributed by atoms with Crippen molar-refractivity contribution in [3.8, 4) is 0 Å². The van der Waals surface area contributed by atoms with Gasteiger partial charge in [0.25, 0.3) is 0 Å². The second-order valence-corrected chi connectivity index (χ2v) is 2.71. The van der Waals surface area contributed by atoms with E-state index in [1.54, 1.807) is 7.11 Å². The highest BCUT2D eigenvalue weighted by Gasteiger charge is 1.89. The molecule has 1 unspecified atom stereocenters. The Bertz CT molecular complexity index is 238. The van der Waals surface area contributed by atoms with E-state index in [-0.39, 0.29) is 6.10 Å². The van der Waals surface area contributed by atoms with Crippen molar-refractivity contribution < 1.29 is 4.74 Å². The van der Waals surface area contributed by atoms with E-state index in [1.165, 1.54) is 5.56 Å². The summed E-state index contributed by atoms with van der Waals surface area (Å²) < 4.78 is 5.09. The maximum atomic E-state index is 5.09. The van der Waals surface area contributed by atoms with Crippen LogP contribution in [0.1, 0.15) is 12.5 Å². The van der Waals surface area contributed by atoms with E-state index in [4.69, 9.17) is 4.74 Å².